The Balaban J connectivity index is 1.84. The summed E-state index contributed by atoms with van der Waals surface area (Å²) in [7, 11) is 0. The van der Waals surface area contributed by atoms with Gasteiger partial charge in [-0.2, -0.15) is 0 Å². The number of hydrogen-bond donors (Lipinski definition) is 2. The van der Waals surface area contributed by atoms with Gasteiger partial charge in [-0.1, -0.05) is 30.3 Å². The molecule has 24 heavy (non-hydrogen) atoms. The van der Waals surface area contributed by atoms with Gasteiger partial charge in [0.1, 0.15) is 6.04 Å². The molecule has 2 aromatic rings. The van der Waals surface area contributed by atoms with Gasteiger partial charge in [0.25, 0.3) is 0 Å². The molecule has 1 aliphatic heterocycles. The Morgan fingerprint density at radius 3 is 2.17 bits per heavy atom. The van der Waals surface area contributed by atoms with Gasteiger partial charge in [-0.15, -0.1) is 0 Å². The van der Waals surface area contributed by atoms with Crippen molar-refractivity contribution in [1.82, 2.24) is 4.90 Å². The zero-order chi connectivity index (χ0) is 16.9. The molecule has 2 amide bonds. The molecule has 1 unspecified atom stereocenters. The van der Waals surface area contributed by atoms with Crippen LogP contribution in [0.15, 0.2) is 54.6 Å². The monoisotopic (exact) mass is 323 g/mol. The first kappa shape index (κ1) is 16.1. The predicted octanol–water partition coefficient (Wildman–Crippen LogP) is 2.56. The number of rotatable bonds is 5. The molecule has 0 bridgehead atoms. The van der Waals surface area contributed by atoms with Crippen molar-refractivity contribution in [3.05, 3.63) is 65.7 Å². The largest absolute Gasteiger partial charge is 0.370 e. The average Bonchev–Trinajstić information content (AvgIpc) is 3.15. The van der Waals surface area contributed by atoms with Crippen LogP contribution in [0, 0.1) is 0 Å². The van der Waals surface area contributed by atoms with Crippen molar-refractivity contribution in [2.24, 2.45) is 5.73 Å². The maximum atomic E-state index is 12.9. The van der Waals surface area contributed by atoms with Crippen LogP contribution in [0.5, 0.6) is 0 Å². The third-order valence-electron chi connectivity index (χ3n) is 4.28. The van der Waals surface area contributed by atoms with E-state index in [0.29, 0.717) is 5.56 Å². The van der Waals surface area contributed by atoms with E-state index in [1.54, 1.807) is 24.3 Å². The molecule has 1 saturated heterocycles. The molecule has 0 radical (unpaired) electrons. The summed E-state index contributed by atoms with van der Waals surface area (Å²) in [5, 5.41) is 3.29. The highest BCUT2D eigenvalue weighted by Crippen LogP contribution is 2.24. The first-order chi connectivity index (χ1) is 11.6. The van der Waals surface area contributed by atoms with Crippen molar-refractivity contribution in [2.75, 3.05) is 18.4 Å². The van der Waals surface area contributed by atoms with Gasteiger partial charge in [0.2, 0.25) is 11.8 Å². The summed E-state index contributed by atoms with van der Waals surface area (Å²) in [6.45, 7) is 1.62. The van der Waals surface area contributed by atoms with Crippen molar-refractivity contribution in [3.8, 4) is 0 Å². The molecule has 1 atom stereocenters. The number of nitrogens with one attached hydrogen (secondary N) is 1. The van der Waals surface area contributed by atoms with Crippen molar-refractivity contribution >= 4 is 17.5 Å². The number of hydrogen-bond acceptors (Lipinski definition) is 3. The minimum Gasteiger partial charge on any atom is -0.370 e. The van der Waals surface area contributed by atoms with E-state index in [2.05, 4.69) is 5.32 Å². The van der Waals surface area contributed by atoms with E-state index in [1.807, 2.05) is 35.2 Å². The van der Waals surface area contributed by atoms with Crippen molar-refractivity contribution in [2.45, 2.75) is 18.9 Å². The van der Waals surface area contributed by atoms with Crippen LogP contribution in [-0.2, 0) is 4.79 Å². The Kier molecular flexibility index (Phi) is 4.79. The number of nitrogens with zero attached hydrogens (tertiary/aromatic N) is 1. The molecule has 5 nitrogen and oxygen atoms in total. The molecule has 0 spiro atoms. The van der Waals surface area contributed by atoms with Crippen molar-refractivity contribution in [3.63, 3.8) is 0 Å². The zero-order valence-corrected chi connectivity index (χ0v) is 13.4. The molecule has 5 heteroatoms. The lowest BCUT2D eigenvalue weighted by Gasteiger charge is -2.25. The molecule has 0 aromatic heterocycles. The van der Waals surface area contributed by atoms with Crippen LogP contribution in [0.25, 0.3) is 0 Å². The number of primary amides is 1. The molecule has 0 aliphatic carbocycles. The van der Waals surface area contributed by atoms with Gasteiger partial charge in [-0.25, -0.2) is 0 Å². The normalized spacial score (nSPS) is 15.1. The van der Waals surface area contributed by atoms with E-state index < -0.39 is 11.9 Å². The maximum Gasteiger partial charge on any atom is 0.249 e. The van der Waals surface area contributed by atoms with Crippen molar-refractivity contribution in [1.29, 1.82) is 0 Å². The summed E-state index contributed by atoms with van der Waals surface area (Å²) in [5.74, 6) is -0.382. The lowest BCUT2D eigenvalue weighted by molar-refractivity contribution is -0.131. The van der Waals surface area contributed by atoms with Gasteiger partial charge >= 0.3 is 0 Å². The van der Waals surface area contributed by atoms with E-state index in [0.717, 1.165) is 37.2 Å². The van der Waals surface area contributed by atoms with Crippen LogP contribution in [0.4, 0.5) is 5.69 Å². The molecule has 1 aliphatic rings. The van der Waals surface area contributed by atoms with E-state index in [-0.39, 0.29) is 5.91 Å². The SMILES string of the molecule is NC(=O)c1ccc(NC(C(=O)N2CCCC2)c2ccccc2)cc1. The second-order valence-electron chi connectivity index (χ2n) is 5.96. The number of anilines is 1. The van der Waals surface area contributed by atoms with E-state index >= 15 is 0 Å². The smallest absolute Gasteiger partial charge is 0.249 e. The number of amides is 2. The van der Waals surface area contributed by atoms with E-state index in [9.17, 15) is 9.59 Å². The Labute approximate surface area is 141 Å². The fourth-order valence-electron chi connectivity index (χ4n) is 2.95. The predicted molar refractivity (Wildman–Crippen MR) is 93.6 cm³/mol. The van der Waals surface area contributed by atoms with Crippen LogP contribution >= 0.6 is 0 Å². The van der Waals surface area contributed by atoms with Crippen LogP contribution < -0.4 is 11.1 Å². The number of nitrogens with two attached hydrogens (primary N) is 1. The summed E-state index contributed by atoms with van der Waals surface area (Å²) >= 11 is 0. The van der Waals surface area contributed by atoms with Crippen LogP contribution in [-0.4, -0.2) is 29.8 Å². The lowest BCUT2D eigenvalue weighted by Crippen LogP contribution is -2.36. The van der Waals surface area contributed by atoms with Gasteiger partial charge in [0, 0.05) is 24.3 Å². The molecule has 1 fully saturated rings. The zero-order valence-electron chi connectivity index (χ0n) is 13.4. The van der Waals surface area contributed by atoms with Crippen LogP contribution in [0.2, 0.25) is 0 Å². The first-order valence-electron chi connectivity index (χ1n) is 8.15. The molecule has 124 valence electrons. The highest BCUT2D eigenvalue weighted by atomic mass is 16.2. The minimum absolute atomic E-state index is 0.0812. The first-order valence-corrected chi connectivity index (χ1v) is 8.15. The second kappa shape index (κ2) is 7.17. The summed E-state index contributed by atoms with van der Waals surface area (Å²) in [5.41, 5.74) is 7.42. The Morgan fingerprint density at radius 1 is 0.958 bits per heavy atom. The van der Waals surface area contributed by atoms with Crippen LogP contribution in [0.3, 0.4) is 0 Å². The highest BCUT2D eigenvalue weighted by Gasteiger charge is 2.27. The van der Waals surface area contributed by atoms with E-state index in [4.69, 9.17) is 5.73 Å². The summed E-state index contributed by atoms with van der Waals surface area (Å²) in [4.78, 5) is 26.0. The maximum absolute atomic E-state index is 12.9. The van der Waals surface area contributed by atoms with Crippen molar-refractivity contribution < 1.29 is 9.59 Å². The number of likely N-dealkylation sites (tertiary alicyclic amines) is 1. The number of carbonyl (C=O) groups excluding carboxylic acids is 2. The van der Waals surface area contributed by atoms with Crippen LogP contribution in [0.1, 0.15) is 34.8 Å². The second-order valence-corrected chi connectivity index (χ2v) is 5.96. The highest BCUT2D eigenvalue weighted by molar-refractivity contribution is 5.93. The van der Waals surface area contributed by atoms with E-state index in [1.165, 1.54) is 0 Å². The number of carbonyl (C=O) groups is 2. The Bertz CT molecular complexity index is 707. The van der Waals surface area contributed by atoms with Gasteiger partial charge < -0.3 is 16.0 Å². The molecule has 0 saturated carbocycles. The van der Waals surface area contributed by atoms with Gasteiger partial charge in [0.15, 0.2) is 0 Å². The molecule has 3 N–H and O–H groups in total. The molecule has 2 aromatic carbocycles. The van der Waals surface area contributed by atoms with Gasteiger partial charge in [0.05, 0.1) is 0 Å². The Morgan fingerprint density at radius 2 is 1.58 bits per heavy atom. The summed E-state index contributed by atoms with van der Waals surface area (Å²) < 4.78 is 0. The Hall–Kier alpha value is -2.82. The average molecular weight is 323 g/mol. The van der Waals surface area contributed by atoms with Gasteiger partial charge in [-0.05, 0) is 42.7 Å². The third-order valence-corrected chi connectivity index (χ3v) is 4.28. The minimum atomic E-state index is -0.464. The third kappa shape index (κ3) is 3.56. The molecular weight excluding hydrogens is 302 g/mol. The van der Waals surface area contributed by atoms with Gasteiger partial charge in [-0.3, -0.25) is 9.59 Å². The topological polar surface area (TPSA) is 75.4 Å². The molecular formula is C19H21N3O2. The lowest BCUT2D eigenvalue weighted by atomic mass is 10.0. The summed E-state index contributed by atoms with van der Waals surface area (Å²) in [6.07, 6.45) is 2.11. The fraction of sp³-hybridized carbons (Fsp3) is 0.263. The fourth-order valence-corrected chi connectivity index (χ4v) is 2.95. The number of benzene rings is 2. The standard InChI is InChI=1S/C19H21N3O2/c20-18(23)15-8-10-16(11-9-15)21-17(14-6-2-1-3-7-14)19(24)22-12-4-5-13-22/h1-3,6-11,17,21H,4-5,12-13H2,(H2,20,23). The summed E-state index contributed by atoms with van der Waals surface area (Å²) in [6, 6.07) is 16.1. The molecule has 3 rings (SSSR count). The quantitative estimate of drug-likeness (QED) is 0.888. The molecule has 1 heterocycles.